The highest BCUT2D eigenvalue weighted by atomic mass is 79.9. The Morgan fingerprint density at radius 1 is 1.46 bits per heavy atom. The first-order chi connectivity index (χ1) is 6.29. The predicted octanol–water partition coefficient (Wildman–Crippen LogP) is 3.41. The summed E-state index contributed by atoms with van der Waals surface area (Å²) in [6.07, 6.45) is 1.20. The average Bonchev–Trinajstić information content (AvgIpc) is 2.15. The molecule has 0 saturated carbocycles. The minimum Gasteiger partial charge on any atom is -0.326 e. The molecule has 0 atom stereocenters. The number of halogens is 1. The second kappa shape index (κ2) is 5.68. The Morgan fingerprint density at radius 3 is 2.85 bits per heavy atom. The van der Waals surface area contributed by atoms with Crippen molar-refractivity contribution < 1.29 is 0 Å². The van der Waals surface area contributed by atoms with Crippen molar-refractivity contribution in [2.45, 2.75) is 24.8 Å². The first kappa shape index (κ1) is 11.1. The quantitative estimate of drug-likeness (QED) is 0.839. The monoisotopic (exact) mass is 259 g/mol. The fourth-order valence-corrected chi connectivity index (χ4v) is 2.71. The van der Waals surface area contributed by atoms with Gasteiger partial charge < -0.3 is 5.73 Å². The van der Waals surface area contributed by atoms with E-state index in [1.165, 1.54) is 16.9 Å². The summed E-state index contributed by atoms with van der Waals surface area (Å²) in [6, 6.07) is 6.23. The molecule has 0 aliphatic carbocycles. The molecule has 13 heavy (non-hydrogen) atoms. The largest absolute Gasteiger partial charge is 0.326 e. The van der Waals surface area contributed by atoms with Crippen molar-refractivity contribution in [2.24, 2.45) is 5.73 Å². The van der Waals surface area contributed by atoms with Gasteiger partial charge in [0.1, 0.15) is 0 Å². The summed E-state index contributed by atoms with van der Waals surface area (Å²) in [4.78, 5) is 1.30. The molecule has 0 amide bonds. The van der Waals surface area contributed by atoms with E-state index in [-0.39, 0.29) is 0 Å². The molecule has 0 aliphatic rings. The van der Waals surface area contributed by atoms with Crippen molar-refractivity contribution in [3.63, 3.8) is 0 Å². The normalized spacial score (nSPS) is 10.4. The van der Waals surface area contributed by atoms with Crippen LogP contribution in [0.25, 0.3) is 0 Å². The lowest BCUT2D eigenvalue weighted by atomic mass is 10.2. The van der Waals surface area contributed by atoms with Gasteiger partial charge in [-0.3, -0.25) is 0 Å². The van der Waals surface area contributed by atoms with Crippen LogP contribution in [0.4, 0.5) is 0 Å². The van der Waals surface area contributed by atoms with Crippen molar-refractivity contribution >= 4 is 27.7 Å². The van der Waals surface area contributed by atoms with E-state index in [0.29, 0.717) is 6.54 Å². The van der Waals surface area contributed by atoms with Crippen LogP contribution in [0.1, 0.15) is 18.9 Å². The molecule has 0 spiro atoms. The zero-order chi connectivity index (χ0) is 9.68. The minimum atomic E-state index is 0.605. The van der Waals surface area contributed by atoms with E-state index in [2.05, 4.69) is 35.0 Å². The summed E-state index contributed by atoms with van der Waals surface area (Å²) in [7, 11) is 0. The Bertz CT molecular complexity index is 276. The molecule has 2 N–H and O–H groups in total. The van der Waals surface area contributed by atoms with Crippen molar-refractivity contribution in [1.82, 2.24) is 0 Å². The van der Waals surface area contributed by atoms with Crippen LogP contribution in [-0.2, 0) is 6.54 Å². The second-order valence-corrected chi connectivity index (χ2v) is 4.76. The molecule has 0 aliphatic heterocycles. The lowest BCUT2D eigenvalue weighted by Crippen LogP contribution is -1.99. The smallest absolute Gasteiger partial charge is 0.0231 e. The van der Waals surface area contributed by atoms with Crippen molar-refractivity contribution in [3.05, 3.63) is 28.2 Å². The maximum Gasteiger partial charge on any atom is 0.0231 e. The molecular weight excluding hydrogens is 246 g/mol. The Balaban J connectivity index is 2.85. The standard InChI is InChI=1S/C10H14BrNS/c1-2-6-13-10-5-3-4-9(11)8(10)7-12/h3-5H,2,6-7,12H2,1H3. The van der Waals surface area contributed by atoms with Crippen molar-refractivity contribution in [2.75, 3.05) is 5.75 Å². The minimum absolute atomic E-state index is 0.605. The van der Waals surface area contributed by atoms with E-state index in [0.717, 1.165) is 10.2 Å². The lowest BCUT2D eigenvalue weighted by molar-refractivity contribution is 1.01. The van der Waals surface area contributed by atoms with Crippen LogP contribution >= 0.6 is 27.7 Å². The van der Waals surface area contributed by atoms with E-state index in [1.807, 2.05) is 17.8 Å². The summed E-state index contributed by atoms with van der Waals surface area (Å²) < 4.78 is 1.12. The van der Waals surface area contributed by atoms with E-state index < -0.39 is 0 Å². The molecule has 1 aromatic carbocycles. The van der Waals surface area contributed by atoms with Crippen LogP contribution < -0.4 is 5.73 Å². The van der Waals surface area contributed by atoms with E-state index in [1.54, 1.807) is 0 Å². The summed E-state index contributed by atoms with van der Waals surface area (Å²) >= 11 is 5.38. The molecule has 1 nitrogen and oxygen atoms in total. The summed E-state index contributed by atoms with van der Waals surface area (Å²) in [5.41, 5.74) is 6.90. The number of nitrogens with two attached hydrogens (primary N) is 1. The van der Waals surface area contributed by atoms with Crippen LogP contribution in [0, 0.1) is 0 Å². The van der Waals surface area contributed by atoms with Gasteiger partial charge in [0.2, 0.25) is 0 Å². The summed E-state index contributed by atoms with van der Waals surface area (Å²) in [6.45, 7) is 2.79. The number of hydrogen-bond acceptors (Lipinski definition) is 2. The molecule has 0 unspecified atom stereocenters. The maximum absolute atomic E-state index is 5.68. The molecule has 0 aromatic heterocycles. The fourth-order valence-electron chi connectivity index (χ4n) is 1.08. The van der Waals surface area contributed by atoms with Gasteiger partial charge in [-0.15, -0.1) is 11.8 Å². The molecule has 72 valence electrons. The van der Waals surface area contributed by atoms with Gasteiger partial charge in [0.05, 0.1) is 0 Å². The van der Waals surface area contributed by atoms with E-state index in [4.69, 9.17) is 5.73 Å². The van der Waals surface area contributed by atoms with Crippen LogP contribution in [0.15, 0.2) is 27.6 Å². The molecule has 0 radical (unpaired) electrons. The topological polar surface area (TPSA) is 26.0 Å². The van der Waals surface area contributed by atoms with Gasteiger partial charge in [0, 0.05) is 15.9 Å². The maximum atomic E-state index is 5.68. The zero-order valence-corrected chi connectivity index (χ0v) is 10.1. The number of rotatable bonds is 4. The van der Waals surface area contributed by atoms with Crippen LogP contribution in [0.2, 0.25) is 0 Å². The highest BCUT2D eigenvalue weighted by molar-refractivity contribution is 9.10. The van der Waals surface area contributed by atoms with Gasteiger partial charge in [0.15, 0.2) is 0 Å². The molecule has 0 heterocycles. The van der Waals surface area contributed by atoms with Crippen molar-refractivity contribution in [3.8, 4) is 0 Å². The Morgan fingerprint density at radius 2 is 2.23 bits per heavy atom. The summed E-state index contributed by atoms with van der Waals surface area (Å²) in [5, 5.41) is 0. The third-order valence-electron chi connectivity index (χ3n) is 1.74. The molecule has 1 aromatic rings. The van der Waals surface area contributed by atoms with Crippen molar-refractivity contribution in [1.29, 1.82) is 0 Å². The van der Waals surface area contributed by atoms with Crippen LogP contribution in [0.5, 0.6) is 0 Å². The zero-order valence-electron chi connectivity index (χ0n) is 7.72. The van der Waals surface area contributed by atoms with E-state index in [9.17, 15) is 0 Å². The van der Waals surface area contributed by atoms with Gasteiger partial charge >= 0.3 is 0 Å². The molecule has 0 fully saturated rings. The average molecular weight is 260 g/mol. The molecule has 0 bridgehead atoms. The highest BCUT2D eigenvalue weighted by Crippen LogP contribution is 2.28. The lowest BCUT2D eigenvalue weighted by Gasteiger charge is -2.08. The fraction of sp³-hybridized carbons (Fsp3) is 0.400. The predicted molar refractivity (Wildman–Crippen MR) is 63.0 cm³/mol. The van der Waals surface area contributed by atoms with Gasteiger partial charge in [-0.1, -0.05) is 28.9 Å². The Hall–Kier alpha value is 0.01000. The second-order valence-electron chi connectivity index (χ2n) is 2.77. The van der Waals surface area contributed by atoms with Gasteiger partial charge in [-0.25, -0.2) is 0 Å². The van der Waals surface area contributed by atoms with Crippen LogP contribution in [0.3, 0.4) is 0 Å². The molecule has 0 saturated heterocycles. The van der Waals surface area contributed by atoms with Gasteiger partial charge in [-0.2, -0.15) is 0 Å². The third-order valence-corrected chi connectivity index (χ3v) is 3.79. The number of thioether (sulfide) groups is 1. The summed E-state index contributed by atoms with van der Waals surface area (Å²) in [5.74, 6) is 1.16. The molecule has 1 rings (SSSR count). The van der Waals surface area contributed by atoms with Gasteiger partial charge in [-0.05, 0) is 29.9 Å². The number of benzene rings is 1. The first-order valence-electron chi connectivity index (χ1n) is 4.39. The number of hydrogen-bond donors (Lipinski definition) is 1. The first-order valence-corrected chi connectivity index (χ1v) is 6.17. The SMILES string of the molecule is CCCSc1cccc(Br)c1CN. The van der Waals surface area contributed by atoms with Crippen LogP contribution in [-0.4, -0.2) is 5.75 Å². The Kier molecular flexibility index (Phi) is 4.84. The Labute approximate surface area is 92.2 Å². The molecular formula is C10H14BrNS. The van der Waals surface area contributed by atoms with Gasteiger partial charge in [0.25, 0.3) is 0 Å². The highest BCUT2D eigenvalue weighted by Gasteiger charge is 2.04. The third kappa shape index (κ3) is 3.01. The van der Waals surface area contributed by atoms with E-state index >= 15 is 0 Å². The molecule has 3 heteroatoms.